The highest BCUT2D eigenvalue weighted by Crippen LogP contribution is 2.43. The summed E-state index contributed by atoms with van der Waals surface area (Å²) in [6.07, 6.45) is 7.23. The van der Waals surface area contributed by atoms with Gasteiger partial charge in [0.1, 0.15) is 17.6 Å². The maximum absolute atomic E-state index is 13.2. The van der Waals surface area contributed by atoms with Crippen molar-refractivity contribution >= 4 is 27.9 Å². The number of hydrogen-bond donors (Lipinski definition) is 1. The zero-order valence-electron chi connectivity index (χ0n) is 27.0. The van der Waals surface area contributed by atoms with Crippen molar-refractivity contribution in [3.8, 4) is 0 Å². The third-order valence-electron chi connectivity index (χ3n) is 10.4. The lowest BCUT2D eigenvalue weighted by atomic mass is 9.66. The van der Waals surface area contributed by atoms with Gasteiger partial charge in [-0.2, -0.15) is 0 Å². The predicted molar refractivity (Wildman–Crippen MR) is 187 cm³/mol. The van der Waals surface area contributed by atoms with E-state index in [1.54, 1.807) is 0 Å². The molecule has 6 rings (SSSR count). The van der Waals surface area contributed by atoms with E-state index in [0.717, 1.165) is 92.4 Å². The SMILES string of the molecule is CN(C(=O)OCc1ccccc1)C1CCC(CCN2CCC(CNS(=O)c3cccc4ccccc34)CC2)(c2ccccc2)CC1. The van der Waals surface area contributed by atoms with Crippen LogP contribution in [-0.2, 0) is 27.7 Å². The Bertz CT molecular complexity index is 1580. The van der Waals surface area contributed by atoms with E-state index >= 15 is 0 Å². The van der Waals surface area contributed by atoms with E-state index in [-0.39, 0.29) is 17.6 Å². The van der Waals surface area contributed by atoms with Crippen LogP contribution >= 0.6 is 0 Å². The molecule has 4 aromatic rings. The molecule has 4 aromatic carbocycles. The van der Waals surface area contributed by atoms with Crippen LogP contribution in [0, 0.1) is 5.92 Å². The van der Waals surface area contributed by atoms with Gasteiger partial charge in [0.2, 0.25) is 0 Å². The molecule has 1 aliphatic heterocycles. The summed E-state index contributed by atoms with van der Waals surface area (Å²) >= 11 is 0. The summed E-state index contributed by atoms with van der Waals surface area (Å²) in [5, 5.41) is 2.18. The van der Waals surface area contributed by atoms with Crippen LogP contribution < -0.4 is 4.72 Å². The molecule has 242 valence electrons. The van der Waals surface area contributed by atoms with Crippen molar-refractivity contribution in [3.63, 3.8) is 0 Å². The number of fused-ring (bicyclic) bond motifs is 1. The molecule has 0 radical (unpaired) electrons. The number of nitrogens with zero attached hydrogens (tertiary/aromatic N) is 2. The van der Waals surface area contributed by atoms with Gasteiger partial charge in [0.05, 0.1) is 4.90 Å². The lowest BCUT2D eigenvalue weighted by Crippen LogP contribution is -2.45. The van der Waals surface area contributed by atoms with Gasteiger partial charge in [-0.3, -0.25) is 0 Å². The second kappa shape index (κ2) is 15.4. The maximum atomic E-state index is 13.2. The third kappa shape index (κ3) is 7.88. The van der Waals surface area contributed by atoms with Gasteiger partial charge in [0.15, 0.2) is 0 Å². The van der Waals surface area contributed by atoms with Crippen LogP contribution in [0.4, 0.5) is 4.79 Å². The fourth-order valence-corrected chi connectivity index (χ4v) is 8.53. The van der Waals surface area contributed by atoms with Crippen LogP contribution in [0.1, 0.15) is 56.1 Å². The summed E-state index contributed by atoms with van der Waals surface area (Å²) in [7, 11) is 0.675. The number of carbonyl (C=O) groups is 1. The Morgan fingerprint density at radius 1 is 0.870 bits per heavy atom. The first-order chi connectivity index (χ1) is 22.5. The lowest BCUT2D eigenvalue weighted by molar-refractivity contribution is 0.0727. The van der Waals surface area contributed by atoms with E-state index < -0.39 is 11.0 Å². The molecule has 2 fully saturated rings. The molecule has 1 aliphatic carbocycles. The average molecular weight is 638 g/mol. The molecule has 7 heteroatoms. The van der Waals surface area contributed by atoms with Crippen molar-refractivity contribution in [3.05, 3.63) is 114 Å². The molecule has 1 atom stereocenters. The molecule has 0 spiro atoms. The largest absolute Gasteiger partial charge is 0.445 e. The van der Waals surface area contributed by atoms with E-state index in [2.05, 4.69) is 58.2 Å². The molecule has 1 saturated carbocycles. The van der Waals surface area contributed by atoms with Gasteiger partial charge in [0, 0.05) is 19.6 Å². The van der Waals surface area contributed by atoms with Gasteiger partial charge >= 0.3 is 6.09 Å². The Labute approximate surface area is 276 Å². The second-order valence-electron chi connectivity index (χ2n) is 13.2. The summed E-state index contributed by atoms with van der Waals surface area (Å²) in [5.74, 6) is 0.533. The van der Waals surface area contributed by atoms with Crippen molar-refractivity contribution in [1.29, 1.82) is 0 Å². The fourth-order valence-electron chi connectivity index (χ4n) is 7.40. The van der Waals surface area contributed by atoms with Crippen LogP contribution in [0.25, 0.3) is 10.8 Å². The Morgan fingerprint density at radius 2 is 1.52 bits per heavy atom. The van der Waals surface area contributed by atoms with Gasteiger partial charge in [-0.25, -0.2) is 13.7 Å². The summed E-state index contributed by atoms with van der Waals surface area (Å²) in [6.45, 7) is 4.32. The number of rotatable bonds is 11. The number of piperidine rings is 1. The van der Waals surface area contributed by atoms with E-state index in [9.17, 15) is 9.00 Å². The van der Waals surface area contributed by atoms with Crippen molar-refractivity contribution in [2.24, 2.45) is 5.92 Å². The molecule has 1 heterocycles. The molecule has 1 unspecified atom stereocenters. The van der Waals surface area contributed by atoms with Crippen LogP contribution in [0.15, 0.2) is 108 Å². The molecule has 46 heavy (non-hydrogen) atoms. The zero-order chi connectivity index (χ0) is 31.8. The molecule has 6 nitrogen and oxygen atoms in total. The number of amides is 1. The molecule has 0 bridgehead atoms. The van der Waals surface area contributed by atoms with Crippen LogP contribution in [0.5, 0.6) is 0 Å². The number of benzene rings is 4. The average Bonchev–Trinajstić information content (AvgIpc) is 3.13. The summed E-state index contributed by atoms with van der Waals surface area (Å²) in [5.41, 5.74) is 2.56. The first-order valence-electron chi connectivity index (χ1n) is 16.9. The molecule has 1 amide bonds. The molecular formula is C39H47N3O3S. The molecule has 1 saturated heterocycles. The fraction of sp³-hybridized carbons (Fsp3) is 0.410. The highest BCUT2D eigenvalue weighted by atomic mass is 32.2. The highest BCUT2D eigenvalue weighted by Gasteiger charge is 2.39. The minimum Gasteiger partial charge on any atom is -0.445 e. The first kappa shape index (κ1) is 32.4. The first-order valence-corrected chi connectivity index (χ1v) is 18.0. The Balaban J connectivity index is 0.986. The number of hydrogen-bond acceptors (Lipinski definition) is 4. The van der Waals surface area contributed by atoms with Crippen LogP contribution in [-0.4, -0.2) is 59.4 Å². The molecule has 2 aliphatic rings. The van der Waals surface area contributed by atoms with Gasteiger partial charge in [-0.15, -0.1) is 0 Å². The minimum atomic E-state index is -1.22. The maximum Gasteiger partial charge on any atom is 0.410 e. The van der Waals surface area contributed by atoms with Crippen molar-refractivity contribution in [2.75, 3.05) is 33.2 Å². The quantitative estimate of drug-likeness (QED) is 0.183. The van der Waals surface area contributed by atoms with Crippen molar-refractivity contribution in [2.45, 2.75) is 67.9 Å². The minimum absolute atomic E-state index is 0.125. The lowest BCUT2D eigenvalue weighted by Gasteiger charge is -2.44. The Hall–Kier alpha value is -3.52. The van der Waals surface area contributed by atoms with Gasteiger partial charge in [0.25, 0.3) is 0 Å². The summed E-state index contributed by atoms with van der Waals surface area (Å²) in [4.78, 5) is 18.2. The number of ether oxygens (including phenoxy) is 1. The second-order valence-corrected chi connectivity index (χ2v) is 14.4. The van der Waals surface area contributed by atoms with Gasteiger partial charge < -0.3 is 14.5 Å². The van der Waals surface area contributed by atoms with Crippen molar-refractivity contribution in [1.82, 2.24) is 14.5 Å². The topological polar surface area (TPSA) is 61.9 Å². The van der Waals surface area contributed by atoms with E-state index in [1.165, 1.54) is 5.56 Å². The standard InChI is InChI=1S/C39H47N3O3S/c1-41(38(43)45-30-32-11-4-2-5-12-32)35-19-23-39(24-20-35,34-15-6-3-7-16-34)25-28-42-26-21-31(22-27-42)29-40-46(44)37-18-10-14-33-13-8-9-17-36(33)37/h2-18,31,35,40H,19-30H2,1H3. The van der Waals surface area contributed by atoms with Crippen LogP contribution in [0.2, 0.25) is 0 Å². The summed E-state index contributed by atoms with van der Waals surface area (Å²) in [6, 6.07) is 35.3. The number of likely N-dealkylation sites (tertiary alicyclic amines) is 1. The monoisotopic (exact) mass is 637 g/mol. The zero-order valence-corrected chi connectivity index (χ0v) is 27.8. The molecule has 1 N–H and O–H groups in total. The Morgan fingerprint density at radius 3 is 2.26 bits per heavy atom. The molecule has 0 aromatic heterocycles. The van der Waals surface area contributed by atoms with E-state index in [4.69, 9.17) is 4.74 Å². The number of carbonyl (C=O) groups excluding carboxylic acids is 1. The predicted octanol–water partition coefficient (Wildman–Crippen LogP) is 7.70. The Kier molecular flexibility index (Phi) is 10.8. The number of nitrogens with one attached hydrogen (secondary N) is 1. The smallest absolute Gasteiger partial charge is 0.410 e. The van der Waals surface area contributed by atoms with Gasteiger partial charge in [-0.05, 0) is 104 Å². The third-order valence-corrected chi connectivity index (χ3v) is 11.6. The highest BCUT2D eigenvalue weighted by molar-refractivity contribution is 7.83. The molecular weight excluding hydrogens is 591 g/mol. The van der Waals surface area contributed by atoms with Gasteiger partial charge in [-0.1, -0.05) is 97.1 Å². The normalized spacial score (nSPS) is 21.5. The van der Waals surface area contributed by atoms with E-state index in [0.29, 0.717) is 12.5 Å². The van der Waals surface area contributed by atoms with E-state index in [1.807, 2.05) is 66.5 Å². The summed E-state index contributed by atoms with van der Waals surface area (Å²) < 4.78 is 22.2. The van der Waals surface area contributed by atoms with Crippen LogP contribution in [0.3, 0.4) is 0 Å². The van der Waals surface area contributed by atoms with Crippen molar-refractivity contribution < 1.29 is 13.7 Å².